The molecule has 4 atom stereocenters. The van der Waals surface area contributed by atoms with Crippen LogP contribution in [0.1, 0.15) is 39.7 Å². The second-order valence-electron chi connectivity index (χ2n) is 8.27. The Labute approximate surface area is 165 Å². The lowest BCUT2D eigenvalue weighted by atomic mass is 9.85. The van der Waals surface area contributed by atoms with Gasteiger partial charge in [-0.05, 0) is 58.1 Å². The maximum atomic E-state index is 12.8. The Balaban J connectivity index is 1.57. The maximum absolute atomic E-state index is 12.8. The lowest BCUT2D eigenvalue weighted by molar-refractivity contribution is -0.140. The van der Waals surface area contributed by atoms with Gasteiger partial charge in [-0.1, -0.05) is 12.2 Å². The van der Waals surface area contributed by atoms with Crippen molar-refractivity contribution in [1.29, 1.82) is 0 Å². The Hall–Kier alpha value is -2.63. The van der Waals surface area contributed by atoms with Crippen molar-refractivity contribution in [2.45, 2.75) is 46.3 Å². The topological polar surface area (TPSA) is 68.2 Å². The minimum absolute atomic E-state index is 0.0300. The molecule has 4 rings (SSSR count). The Kier molecular flexibility index (Phi) is 4.73. The number of imide groups is 1. The highest BCUT2D eigenvalue weighted by atomic mass is 16.5. The van der Waals surface area contributed by atoms with E-state index >= 15 is 0 Å². The number of hydrazone groups is 1. The summed E-state index contributed by atoms with van der Waals surface area (Å²) in [5.74, 6) is 0.813. The molecule has 28 heavy (non-hydrogen) atoms. The molecule has 1 aromatic rings. The molecular formula is C22H26N2O4. The number of allylic oxidation sites excluding steroid dienone is 2. The Bertz CT molecular complexity index is 828. The molecule has 2 amide bonds. The maximum Gasteiger partial charge on any atom is 0.254 e. The summed E-state index contributed by atoms with van der Waals surface area (Å²) in [6.45, 7) is 7.80. The molecule has 1 saturated carbocycles. The summed E-state index contributed by atoms with van der Waals surface area (Å²) in [6, 6.07) is 5.48. The first kappa shape index (κ1) is 18.7. The first-order valence-corrected chi connectivity index (χ1v) is 9.92. The highest BCUT2D eigenvalue weighted by molar-refractivity contribution is 6.06. The van der Waals surface area contributed by atoms with E-state index in [2.05, 4.69) is 17.3 Å². The summed E-state index contributed by atoms with van der Waals surface area (Å²) in [6.07, 6.45) is 6.61. The van der Waals surface area contributed by atoms with Crippen LogP contribution in [0.15, 0.2) is 35.5 Å². The third kappa shape index (κ3) is 3.21. The predicted octanol–water partition coefficient (Wildman–Crippen LogP) is 3.40. The van der Waals surface area contributed by atoms with Gasteiger partial charge < -0.3 is 9.47 Å². The fourth-order valence-corrected chi connectivity index (χ4v) is 4.44. The Morgan fingerprint density at radius 3 is 2.18 bits per heavy atom. The van der Waals surface area contributed by atoms with Gasteiger partial charge in [0.05, 0.1) is 30.3 Å². The number of fused-ring (bicyclic) bond motifs is 5. The van der Waals surface area contributed by atoms with Crippen molar-refractivity contribution >= 4 is 18.0 Å². The van der Waals surface area contributed by atoms with E-state index in [0.29, 0.717) is 17.1 Å². The summed E-state index contributed by atoms with van der Waals surface area (Å²) < 4.78 is 11.6. The number of benzene rings is 1. The van der Waals surface area contributed by atoms with E-state index in [1.54, 1.807) is 0 Å². The van der Waals surface area contributed by atoms with Gasteiger partial charge >= 0.3 is 0 Å². The largest absolute Gasteiger partial charge is 0.491 e. The predicted molar refractivity (Wildman–Crippen MR) is 105 cm³/mol. The minimum Gasteiger partial charge on any atom is -0.491 e. The normalized spacial score (nSPS) is 28.3. The van der Waals surface area contributed by atoms with Crippen LogP contribution in [0.25, 0.3) is 0 Å². The van der Waals surface area contributed by atoms with Crippen LogP contribution in [-0.2, 0) is 9.59 Å². The van der Waals surface area contributed by atoms with Crippen molar-refractivity contribution in [3.8, 4) is 11.5 Å². The molecule has 0 N–H and O–H groups in total. The van der Waals surface area contributed by atoms with Gasteiger partial charge in [0, 0.05) is 11.6 Å². The van der Waals surface area contributed by atoms with E-state index in [4.69, 9.17) is 9.47 Å². The number of nitrogens with zero attached hydrogens (tertiary/aromatic N) is 2. The lowest BCUT2D eigenvalue weighted by Gasteiger charge is -2.16. The van der Waals surface area contributed by atoms with E-state index in [-0.39, 0.29) is 47.7 Å². The summed E-state index contributed by atoms with van der Waals surface area (Å²) in [7, 11) is 0. The smallest absolute Gasteiger partial charge is 0.254 e. The van der Waals surface area contributed by atoms with E-state index in [1.165, 1.54) is 6.21 Å². The molecule has 1 heterocycles. The fraction of sp³-hybridized carbons (Fsp3) is 0.500. The average molecular weight is 382 g/mol. The van der Waals surface area contributed by atoms with E-state index in [1.807, 2.05) is 45.9 Å². The molecule has 0 spiro atoms. The van der Waals surface area contributed by atoms with Gasteiger partial charge in [0.15, 0.2) is 0 Å². The van der Waals surface area contributed by atoms with Crippen molar-refractivity contribution in [2.75, 3.05) is 0 Å². The highest BCUT2D eigenvalue weighted by Gasteiger charge is 2.59. The molecule has 2 bridgehead atoms. The number of ether oxygens (including phenoxy) is 2. The summed E-state index contributed by atoms with van der Waals surface area (Å²) >= 11 is 0. The second kappa shape index (κ2) is 7.08. The zero-order chi connectivity index (χ0) is 20.0. The standard InChI is InChI=1S/C22H26N2O4/c1-12(2)27-17-8-7-16(18(10-17)28-13(3)4)11-23-24-21(25)19-14-5-6-15(9-14)20(19)22(24)26/h5-8,10-15,19-20H,9H2,1-4H3/b23-11-/t14-,15-,19-,20-/m0/s1. The number of amides is 2. The first-order chi connectivity index (χ1) is 13.3. The first-order valence-electron chi connectivity index (χ1n) is 9.92. The monoisotopic (exact) mass is 382 g/mol. The summed E-state index contributed by atoms with van der Waals surface area (Å²) in [5.41, 5.74) is 0.698. The van der Waals surface area contributed by atoms with Gasteiger partial charge in [-0.15, -0.1) is 0 Å². The van der Waals surface area contributed by atoms with Gasteiger partial charge in [0.1, 0.15) is 11.5 Å². The SMILES string of the molecule is CC(C)Oc1ccc(/C=N\N2C(=O)[C@@H]3[C@@H](C2=O)[C@H]2C=C[C@H]3C2)c(OC(C)C)c1. The van der Waals surface area contributed by atoms with Crippen LogP contribution < -0.4 is 9.47 Å². The molecule has 0 unspecified atom stereocenters. The van der Waals surface area contributed by atoms with Crippen molar-refractivity contribution < 1.29 is 19.1 Å². The average Bonchev–Trinajstić information content (AvgIpc) is 3.28. The van der Waals surface area contributed by atoms with Gasteiger partial charge in [-0.2, -0.15) is 10.1 Å². The van der Waals surface area contributed by atoms with Crippen LogP contribution >= 0.6 is 0 Å². The second-order valence-corrected chi connectivity index (χ2v) is 8.27. The highest BCUT2D eigenvalue weighted by Crippen LogP contribution is 2.52. The van der Waals surface area contributed by atoms with Crippen LogP contribution in [0.5, 0.6) is 11.5 Å². The molecule has 2 fully saturated rings. The zero-order valence-electron chi connectivity index (χ0n) is 16.7. The number of carbonyl (C=O) groups excluding carboxylic acids is 2. The van der Waals surface area contributed by atoms with Gasteiger partial charge in [0.2, 0.25) is 0 Å². The molecule has 1 aliphatic heterocycles. The van der Waals surface area contributed by atoms with E-state index in [9.17, 15) is 9.59 Å². The Morgan fingerprint density at radius 2 is 1.61 bits per heavy atom. The third-order valence-corrected chi connectivity index (χ3v) is 5.48. The third-order valence-electron chi connectivity index (χ3n) is 5.48. The Morgan fingerprint density at radius 1 is 1.00 bits per heavy atom. The van der Waals surface area contributed by atoms with Gasteiger partial charge in [-0.25, -0.2) is 0 Å². The molecule has 1 saturated heterocycles. The lowest BCUT2D eigenvalue weighted by Crippen LogP contribution is -2.28. The molecule has 6 heteroatoms. The minimum atomic E-state index is -0.243. The molecular weight excluding hydrogens is 356 g/mol. The van der Waals surface area contributed by atoms with Crippen molar-refractivity contribution in [3.05, 3.63) is 35.9 Å². The zero-order valence-corrected chi connectivity index (χ0v) is 16.7. The number of carbonyl (C=O) groups is 2. The van der Waals surface area contributed by atoms with Crippen LogP contribution in [0.4, 0.5) is 0 Å². The van der Waals surface area contributed by atoms with Crippen LogP contribution in [0.2, 0.25) is 0 Å². The van der Waals surface area contributed by atoms with Gasteiger partial charge in [0.25, 0.3) is 11.8 Å². The molecule has 0 aromatic heterocycles. The number of hydrogen-bond acceptors (Lipinski definition) is 5. The van der Waals surface area contributed by atoms with Crippen LogP contribution in [-0.4, -0.2) is 35.2 Å². The van der Waals surface area contributed by atoms with Gasteiger partial charge in [-0.3, -0.25) is 9.59 Å². The molecule has 6 nitrogen and oxygen atoms in total. The van der Waals surface area contributed by atoms with Crippen molar-refractivity contribution in [2.24, 2.45) is 28.8 Å². The fourth-order valence-electron chi connectivity index (χ4n) is 4.44. The number of rotatable bonds is 6. The van der Waals surface area contributed by atoms with Crippen LogP contribution in [0, 0.1) is 23.7 Å². The van der Waals surface area contributed by atoms with Crippen molar-refractivity contribution in [3.63, 3.8) is 0 Å². The summed E-state index contributed by atoms with van der Waals surface area (Å²) in [5, 5.41) is 5.31. The molecule has 3 aliphatic rings. The quantitative estimate of drug-likeness (QED) is 0.430. The number of hydrogen-bond donors (Lipinski definition) is 0. The van der Waals surface area contributed by atoms with Crippen LogP contribution in [0.3, 0.4) is 0 Å². The molecule has 0 radical (unpaired) electrons. The van der Waals surface area contributed by atoms with E-state index in [0.717, 1.165) is 11.4 Å². The molecule has 2 aliphatic carbocycles. The van der Waals surface area contributed by atoms with E-state index < -0.39 is 0 Å². The molecule has 148 valence electrons. The summed E-state index contributed by atoms with van der Waals surface area (Å²) in [4.78, 5) is 25.5. The molecule has 1 aromatic carbocycles. The van der Waals surface area contributed by atoms with Crippen molar-refractivity contribution in [1.82, 2.24) is 5.01 Å².